The molecular weight excluding hydrogens is 371 g/mol. The second kappa shape index (κ2) is 17.6. The van der Waals surface area contributed by atoms with Gasteiger partial charge in [-0.25, -0.2) is 4.57 Å². The molecule has 3 N–H and O–H groups in total. The van der Waals surface area contributed by atoms with Crippen LogP contribution < -0.4 is 0 Å². The van der Waals surface area contributed by atoms with E-state index in [1.807, 2.05) is 0 Å². The molecule has 0 amide bonds. The summed E-state index contributed by atoms with van der Waals surface area (Å²) in [4.78, 5) is 28.5. The van der Waals surface area contributed by atoms with Gasteiger partial charge in [-0.15, -0.1) is 0 Å². The molecule has 0 aliphatic rings. The molecule has 162 valence electrons. The van der Waals surface area contributed by atoms with Crippen LogP contribution in [0.1, 0.15) is 96.8 Å². The number of esters is 1. The zero-order valence-corrected chi connectivity index (χ0v) is 17.7. The van der Waals surface area contributed by atoms with E-state index < -0.39 is 26.5 Å². The van der Waals surface area contributed by atoms with E-state index in [1.165, 1.54) is 64.2 Å². The zero-order chi connectivity index (χ0) is 20.4. The Kier molecular flexibility index (Phi) is 17.3. The number of phosphoric acid groups is 1. The molecule has 0 aromatic carbocycles. The molecule has 1 atom stereocenters. The van der Waals surface area contributed by atoms with Crippen LogP contribution in [0.3, 0.4) is 0 Å². The third kappa shape index (κ3) is 21.7. The topological polar surface area (TPSA) is 113 Å². The number of carbonyl (C=O) groups excluding carboxylic acids is 1. The highest BCUT2D eigenvalue weighted by molar-refractivity contribution is 7.46. The highest BCUT2D eigenvalue weighted by atomic mass is 31.2. The molecule has 0 radical (unpaired) electrons. The highest BCUT2D eigenvalue weighted by Gasteiger charge is 2.17. The molecule has 8 heteroatoms. The Balaban J connectivity index is 3.33. The molecule has 0 rings (SSSR count). The normalized spacial score (nSPS) is 12.9. The molecule has 0 aliphatic carbocycles. The second-order valence-electron chi connectivity index (χ2n) is 7.12. The Bertz CT molecular complexity index is 398. The quantitative estimate of drug-likeness (QED) is 0.163. The summed E-state index contributed by atoms with van der Waals surface area (Å²) in [6, 6.07) is 0. The average Bonchev–Trinajstić information content (AvgIpc) is 2.61. The molecule has 0 spiro atoms. The van der Waals surface area contributed by atoms with Crippen LogP contribution in [0.5, 0.6) is 0 Å². The van der Waals surface area contributed by atoms with Crippen molar-refractivity contribution >= 4 is 13.8 Å². The predicted molar refractivity (Wildman–Crippen MR) is 105 cm³/mol. The van der Waals surface area contributed by atoms with Gasteiger partial charge in [-0.2, -0.15) is 0 Å². The molecule has 0 fully saturated rings. The Morgan fingerprint density at radius 2 is 1.26 bits per heavy atom. The third-order valence-corrected chi connectivity index (χ3v) is 4.84. The number of unbranched alkanes of at least 4 members (excludes halogenated alkanes) is 12. The van der Waals surface area contributed by atoms with Gasteiger partial charge in [-0.05, 0) is 6.42 Å². The summed E-state index contributed by atoms with van der Waals surface area (Å²) in [6.07, 6.45) is 15.1. The molecule has 0 aromatic rings. The molecule has 7 nitrogen and oxygen atoms in total. The summed E-state index contributed by atoms with van der Waals surface area (Å²) in [7, 11) is -4.61. The van der Waals surface area contributed by atoms with E-state index in [9.17, 15) is 14.5 Å². The minimum Gasteiger partial charge on any atom is -0.463 e. The Labute approximate surface area is 164 Å². The van der Waals surface area contributed by atoms with Crippen LogP contribution in [0.25, 0.3) is 0 Å². The van der Waals surface area contributed by atoms with Gasteiger partial charge in [-0.1, -0.05) is 84.0 Å². The van der Waals surface area contributed by atoms with E-state index >= 15 is 0 Å². The number of rotatable bonds is 19. The molecule has 0 saturated carbocycles. The summed E-state index contributed by atoms with van der Waals surface area (Å²) in [6.45, 7) is 1.34. The van der Waals surface area contributed by atoms with Crippen molar-refractivity contribution in [1.29, 1.82) is 0 Å². The first kappa shape index (κ1) is 26.5. The summed E-state index contributed by atoms with van der Waals surface area (Å²) < 4.78 is 19.5. The summed E-state index contributed by atoms with van der Waals surface area (Å²) in [5.74, 6) is -0.409. The fourth-order valence-corrected chi connectivity index (χ4v) is 3.15. The van der Waals surface area contributed by atoms with Crippen LogP contribution in [0.2, 0.25) is 0 Å². The van der Waals surface area contributed by atoms with Crippen LogP contribution >= 0.6 is 7.82 Å². The van der Waals surface area contributed by atoms with Gasteiger partial charge >= 0.3 is 13.8 Å². The first-order chi connectivity index (χ1) is 12.8. The van der Waals surface area contributed by atoms with Crippen molar-refractivity contribution in [2.24, 2.45) is 0 Å². The molecule has 0 aromatic heterocycles. The van der Waals surface area contributed by atoms with Gasteiger partial charge in [0.2, 0.25) is 0 Å². The molecule has 0 saturated heterocycles. The minimum absolute atomic E-state index is 0.295. The van der Waals surface area contributed by atoms with Crippen molar-refractivity contribution in [3.05, 3.63) is 0 Å². The Morgan fingerprint density at radius 3 is 1.70 bits per heavy atom. The van der Waals surface area contributed by atoms with Crippen LogP contribution in [-0.2, 0) is 18.6 Å². The molecule has 0 aliphatic heterocycles. The van der Waals surface area contributed by atoms with Crippen LogP contribution in [0.4, 0.5) is 0 Å². The van der Waals surface area contributed by atoms with Crippen LogP contribution in [-0.4, -0.2) is 40.2 Å². The number of aliphatic hydroxyl groups excluding tert-OH is 1. The van der Waals surface area contributed by atoms with Crippen molar-refractivity contribution in [3.8, 4) is 0 Å². The number of aliphatic hydroxyl groups is 1. The maximum absolute atomic E-state index is 11.5. The zero-order valence-electron chi connectivity index (χ0n) is 16.8. The molecule has 0 heterocycles. The van der Waals surface area contributed by atoms with Crippen molar-refractivity contribution in [3.63, 3.8) is 0 Å². The fraction of sp³-hybridized carbons (Fsp3) is 0.947. The van der Waals surface area contributed by atoms with E-state index in [4.69, 9.17) is 14.5 Å². The largest absolute Gasteiger partial charge is 0.469 e. The lowest BCUT2D eigenvalue weighted by Gasteiger charge is -2.12. The first-order valence-corrected chi connectivity index (χ1v) is 11.9. The van der Waals surface area contributed by atoms with E-state index in [0.29, 0.717) is 6.42 Å². The van der Waals surface area contributed by atoms with Crippen molar-refractivity contribution < 1.29 is 33.5 Å². The maximum Gasteiger partial charge on any atom is 0.469 e. The summed E-state index contributed by atoms with van der Waals surface area (Å²) in [5.41, 5.74) is 0. The first-order valence-electron chi connectivity index (χ1n) is 10.4. The van der Waals surface area contributed by atoms with Gasteiger partial charge in [0.25, 0.3) is 0 Å². The predicted octanol–water partition coefficient (Wildman–Crippen LogP) is 4.48. The summed E-state index contributed by atoms with van der Waals surface area (Å²) >= 11 is 0. The second-order valence-corrected chi connectivity index (χ2v) is 8.36. The van der Waals surface area contributed by atoms with Gasteiger partial charge < -0.3 is 19.6 Å². The van der Waals surface area contributed by atoms with E-state index in [1.54, 1.807) is 0 Å². The molecular formula is C19H39O7P. The fourth-order valence-electron chi connectivity index (χ4n) is 2.78. The van der Waals surface area contributed by atoms with E-state index in [0.717, 1.165) is 19.3 Å². The van der Waals surface area contributed by atoms with Crippen molar-refractivity contribution in [2.45, 2.75) is 103 Å². The number of hydrogen-bond acceptors (Lipinski definition) is 5. The summed E-state index contributed by atoms with van der Waals surface area (Å²) in [5, 5.41) is 9.40. The maximum atomic E-state index is 11.5. The molecule has 27 heavy (non-hydrogen) atoms. The highest BCUT2D eigenvalue weighted by Crippen LogP contribution is 2.35. The molecule has 1 unspecified atom stereocenters. The Hall–Kier alpha value is -0.460. The third-order valence-electron chi connectivity index (χ3n) is 4.36. The van der Waals surface area contributed by atoms with Gasteiger partial charge in [-0.3, -0.25) is 9.32 Å². The van der Waals surface area contributed by atoms with Crippen LogP contribution in [0, 0.1) is 0 Å². The smallest absolute Gasteiger partial charge is 0.463 e. The van der Waals surface area contributed by atoms with Gasteiger partial charge in [0.15, 0.2) is 0 Å². The Morgan fingerprint density at radius 1 is 0.815 bits per heavy atom. The number of ether oxygens (including phenoxy) is 1. The van der Waals surface area contributed by atoms with Crippen molar-refractivity contribution in [2.75, 3.05) is 13.2 Å². The monoisotopic (exact) mass is 410 g/mol. The standard InChI is InChI=1S/C19H39O7P/c1-2-3-4-5-6-7-8-9-10-11-12-13-14-15-19(21)25-16-18(20)17-26-27(22,23)24/h18,20H,2-17H2,1H3,(H2,22,23,24). The average molecular weight is 410 g/mol. The van der Waals surface area contributed by atoms with E-state index in [-0.39, 0.29) is 6.61 Å². The minimum atomic E-state index is -4.61. The van der Waals surface area contributed by atoms with E-state index in [2.05, 4.69) is 11.4 Å². The number of carbonyl (C=O) groups is 1. The number of hydrogen-bond donors (Lipinski definition) is 3. The molecule has 0 bridgehead atoms. The SMILES string of the molecule is CCCCCCCCCCCCCCCC(=O)OCC(O)COP(=O)(O)O. The number of phosphoric ester groups is 1. The lowest BCUT2D eigenvalue weighted by atomic mass is 10.0. The van der Waals surface area contributed by atoms with Gasteiger partial charge in [0.1, 0.15) is 12.7 Å². The van der Waals surface area contributed by atoms with Gasteiger partial charge in [0.05, 0.1) is 6.61 Å². The lowest BCUT2D eigenvalue weighted by molar-refractivity contribution is -0.147. The van der Waals surface area contributed by atoms with Gasteiger partial charge in [0, 0.05) is 6.42 Å². The van der Waals surface area contributed by atoms with Crippen molar-refractivity contribution in [1.82, 2.24) is 0 Å². The van der Waals surface area contributed by atoms with Crippen LogP contribution in [0.15, 0.2) is 0 Å². The lowest BCUT2D eigenvalue weighted by Crippen LogP contribution is -2.23.